The van der Waals surface area contributed by atoms with E-state index in [0.29, 0.717) is 16.3 Å². The molecule has 142 valence electrons. The average Bonchev–Trinajstić information content (AvgIpc) is 3.05. The first-order valence-corrected chi connectivity index (χ1v) is 9.34. The zero-order valence-corrected chi connectivity index (χ0v) is 15.9. The molecule has 2 N–H and O–H groups in total. The van der Waals surface area contributed by atoms with Gasteiger partial charge in [-0.2, -0.15) is 0 Å². The van der Waals surface area contributed by atoms with Crippen LogP contribution in [0.15, 0.2) is 30.3 Å². The molecule has 0 saturated heterocycles. The first-order valence-electron chi connectivity index (χ1n) is 8.52. The van der Waals surface area contributed by atoms with E-state index >= 15 is 0 Å². The summed E-state index contributed by atoms with van der Waals surface area (Å²) in [6.45, 7) is 3.49. The SMILES string of the molecule is CCc1sc(C(=O)OCC(=O)N2C[C@H](C(N)=O)Oc3ccccc32)cc1C. The summed E-state index contributed by atoms with van der Waals surface area (Å²) >= 11 is 1.37. The molecule has 1 aromatic heterocycles. The Morgan fingerprint density at radius 3 is 2.74 bits per heavy atom. The third kappa shape index (κ3) is 3.95. The molecule has 0 radical (unpaired) electrons. The second-order valence-electron chi connectivity index (χ2n) is 6.13. The van der Waals surface area contributed by atoms with Crippen molar-refractivity contribution < 1.29 is 23.9 Å². The molecule has 3 rings (SSSR count). The molecule has 2 heterocycles. The van der Waals surface area contributed by atoms with E-state index in [1.54, 1.807) is 30.3 Å². The lowest BCUT2D eigenvalue weighted by Gasteiger charge is -2.33. The molecule has 2 aromatic rings. The van der Waals surface area contributed by atoms with Gasteiger partial charge in [-0.3, -0.25) is 9.59 Å². The zero-order valence-electron chi connectivity index (χ0n) is 15.1. The van der Waals surface area contributed by atoms with Gasteiger partial charge in [0, 0.05) is 4.88 Å². The van der Waals surface area contributed by atoms with Crippen molar-refractivity contribution in [1.29, 1.82) is 0 Å². The number of esters is 1. The van der Waals surface area contributed by atoms with Crippen molar-refractivity contribution in [3.8, 4) is 5.75 Å². The molecular formula is C19H20N2O5S. The van der Waals surface area contributed by atoms with E-state index in [2.05, 4.69) is 0 Å². The van der Waals surface area contributed by atoms with E-state index < -0.39 is 30.5 Å². The van der Waals surface area contributed by atoms with Crippen molar-refractivity contribution >= 4 is 34.8 Å². The number of para-hydroxylation sites is 2. The fourth-order valence-electron chi connectivity index (χ4n) is 2.87. The number of carbonyl (C=O) groups is 3. The number of anilines is 1. The molecule has 0 saturated carbocycles. The van der Waals surface area contributed by atoms with E-state index in [4.69, 9.17) is 15.2 Å². The predicted octanol–water partition coefficient (Wildman–Crippen LogP) is 2.06. The molecular weight excluding hydrogens is 368 g/mol. The number of fused-ring (bicyclic) bond motifs is 1. The van der Waals surface area contributed by atoms with Crippen molar-refractivity contribution in [3.63, 3.8) is 0 Å². The normalized spacial score (nSPS) is 15.6. The van der Waals surface area contributed by atoms with Crippen molar-refractivity contribution in [3.05, 3.63) is 45.6 Å². The standard InChI is InChI=1S/C19H20N2O5S/c1-3-15-11(2)8-16(27-15)19(24)25-10-17(22)21-9-14(18(20)23)26-13-7-5-4-6-12(13)21/h4-8,14H,3,9-10H2,1-2H3,(H2,20,23)/t14-/m1/s1. The van der Waals surface area contributed by atoms with Crippen LogP contribution in [0.2, 0.25) is 0 Å². The Morgan fingerprint density at radius 1 is 1.33 bits per heavy atom. The van der Waals surface area contributed by atoms with E-state index in [1.807, 2.05) is 13.8 Å². The number of hydrogen-bond donors (Lipinski definition) is 1. The van der Waals surface area contributed by atoms with E-state index in [9.17, 15) is 14.4 Å². The van der Waals surface area contributed by atoms with Crippen molar-refractivity contribution in [2.24, 2.45) is 5.73 Å². The molecule has 1 atom stereocenters. The Balaban J connectivity index is 1.71. The number of ether oxygens (including phenoxy) is 2. The minimum absolute atomic E-state index is 0.0270. The molecule has 0 unspecified atom stereocenters. The average molecular weight is 388 g/mol. The van der Waals surface area contributed by atoms with Crippen LogP contribution in [-0.2, 0) is 20.7 Å². The van der Waals surface area contributed by atoms with Crippen LogP contribution in [0, 0.1) is 6.92 Å². The van der Waals surface area contributed by atoms with E-state index in [1.165, 1.54) is 16.2 Å². The van der Waals surface area contributed by atoms with Crippen LogP contribution in [0.3, 0.4) is 0 Å². The summed E-state index contributed by atoms with van der Waals surface area (Å²) in [6.07, 6.45) is -0.117. The summed E-state index contributed by atoms with van der Waals surface area (Å²) in [6, 6.07) is 8.60. The molecule has 2 amide bonds. The first-order chi connectivity index (χ1) is 12.9. The van der Waals surface area contributed by atoms with Gasteiger partial charge in [-0.05, 0) is 37.1 Å². The number of aryl methyl sites for hydroxylation is 2. The van der Waals surface area contributed by atoms with Crippen LogP contribution < -0.4 is 15.4 Å². The Kier molecular flexibility index (Phi) is 5.46. The number of primary amides is 1. The molecule has 1 aromatic carbocycles. The third-order valence-corrected chi connectivity index (χ3v) is 5.62. The maximum atomic E-state index is 12.6. The summed E-state index contributed by atoms with van der Waals surface area (Å²) in [5.74, 6) is -1.27. The van der Waals surface area contributed by atoms with Crippen LogP contribution in [0.5, 0.6) is 5.75 Å². The minimum atomic E-state index is -0.952. The van der Waals surface area contributed by atoms with Crippen molar-refractivity contribution in [2.75, 3.05) is 18.1 Å². The molecule has 1 aliphatic heterocycles. The molecule has 0 bridgehead atoms. The van der Waals surface area contributed by atoms with Gasteiger partial charge in [0.15, 0.2) is 12.7 Å². The van der Waals surface area contributed by atoms with Crippen LogP contribution in [-0.4, -0.2) is 37.0 Å². The van der Waals surface area contributed by atoms with Gasteiger partial charge in [-0.25, -0.2) is 4.79 Å². The van der Waals surface area contributed by atoms with E-state index in [-0.39, 0.29) is 6.54 Å². The summed E-state index contributed by atoms with van der Waals surface area (Å²) in [5.41, 5.74) is 6.87. The number of benzene rings is 1. The highest BCUT2D eigenvalue weighted by atomic mass is 32.1. The smallest absolute Gasteiger partial charge is 0.348 e. The molecule has 0 spiro atoms. The van der Waals surface area contributed by atoms with Crippen molar-refractivity contribution in [1.82, 2.24) is 0 Å². The highest BCUT2D eigenvalue weighted by Crippen LogP contribution is 2.33. The maximum absolute atomic E-state index is 12.6. The van der Waals surface area contributed by atoms with Gasteiger partial charge < -0.3 is 20.1 Å². The number of carbonyl (C=O) groups excluding carboxylic acids is 3. The largest absolute Gasteiger partial charge is 0.477 e. The third-order valence-electron chi connectivity index (χ3n) is 4.26. The van der Waals surface area contributed by atoms with Crippen molar-refractivity contribution in [2.45, 2.75) is 26.4 Å². The highest BCUT2D eigenvalue weighted by Gasteiger charge is 2.33. The quantitative estimate of drug-likeness (QED) is 0.791. The van der Waals surface area contributed by atoms with E-state index in [0.717, 1.165) is 16.9 Å². The molecule has 8 heteroatoms. The summed E-state index contributed by atoms with van der Waals surface area (Å²) in [4.78, 5) is 39.3. The van der Waals surface area contributed by atoms with Gasteiger partial charge in [0.05, 0.1) is 12.2 Å². The second-order valence-corrected chi connectivity index (χ2v) is 7.26. The van der Waals surface area contributed by atoms with Gasteiger partial charge in [-0.15, -0.1) is 11.3 Å². The Labute approximate surface area is 160 Å². The molecule has 0 fully saturated rings. The second kappa shape index (κ2) is 7.79. The number of nitrogens with two attached hydrogens (primary N) is 1. The topological polar surface area (TPSA) is 98.9 Å². The van der Waals surface area contributed by atoms with Crippen LogP contribution in [0.1, 0.15) is 27.0 Å². The lowest BCUT2D eigenvalue weighted by Crippen LogP contribution is -2.50. The first kappa shape index (κ1) is 18.9. The Morgan fingerprint density at radius 2 is 2.07 bits per heavy atom. The number of thiophene rings is 1. The highest BCUT2D eigenvalue weighted by molar-refractivity contribution is 7.14. The van der Waals surface area contributed by atoms with Gasteiger partial charge in [0.2, 0.25) is 0 Å². The van der Waals surface area contributed by atoms with Gasteiger partial charge >= 0.3 is 5.97 Å². The fourth-order valence-corrected chi connectivity index (χ4v) is 3.87. The number of rotatable bonds is 5. The maximum Gasteiger partial charge on any atom is 0.348 e. The number of hydrogen-bond acceptors (Lipinski definition) is 6. The van der Waals surface area contributed by atoms with Crippen LogP contribution >= 0.6 is 11.3 Å². The summed E-state index contributed by atoms with van der Waals surface area (Å²) in [7, 11) is 0. The van der Waals surface area contributed by atoms with Gasteiger partial charge in [0.1, 0.15) is 10.6 Å². The van der Waals surface area contributed by atoms with Gasteiger partial charge in [-0.1, -0.05) is 19.1 Å². The minimum Gasteiger partial charge on any atom is -0.477 e. The fraction of sp³-hybridized carbons (Fsp3) is 0.316. The number of nitrogens with zero attached hydrogens (tertiary/aromatic N) is 1. The Bertz CT molecular complexity index is 892. The zero-order chi connectivity index (χ0) is 19.6. The lowest BCUT2D eigenvalue weighted by atomic mass is 10.2. The molecule has 1 aliphatic rings. The summed E-state index contributed by atoms with van der Waals surface area (Å²) in [5, 5.41) is 0. The lowest BCUT2D eigenvalue weighted by molar-refractivity contribution is -0.126. The van der Waals surface area contributed by atoms with Crippen LogP contribution in [0.4, 0.5) is 5.69 Å². The Hall–Kier alpha value is -2.87. The molecule has 7 nitrogen and oxygen atoms in total. The molecule has 27 heavy (non-hydrogen) atoms. The van der Waals surface area contributed by atoms with Crippen LogP contribution in [0.25, 0.3) is 0 Å². The van der Waals surface area contributed by atoms with Gasteiger partial charge in [0.25, 0.3) is 11.8 Å². The predicted molar refractivity (Wildman–Crippen MR) is 101 cm³/mol. The summed E-state index contributed by atoms with van der Waals surface area (Å²) < 4.78 is 10.7. The number of amides is 2. The monoisotopic (exact) mass is 388 g/mol. The molecule has 0 aliphatic carbocycles.